The molecule has 150 valence electrons. The van der Waals surface area contributed by atoms with Gasteiger partial charge in [-0.2, -0.15) is 0 Å². The van der Waals surface area contributed by atoms with Gasteiger partial charge in [-0.1, -0.05) is 25.0 Å². The van der Waals surface area contributed by atoms with Gasteiger partial charge in [0.25, 0.3) is 5.91 Å². The van der Waals surface area contributed by atoms with E-state index >= 15 is 0 Å². The largest absolute Gasteiger partial charge is 0.387 e. The Morgan fingerprint density at radius 2 is 1.93 bits per heavy atom. The summed E-state index contributed by atoms with van der Waals surface area (Å²) in [6.07, 6.45) is -1.20. The Bertz CT molecular complexity index is 969. The van der Waals surface area contributed by atoms with E-state index in [9.17, 15) is 15.0 Å². The van der Waals surface area contributed by atoms with Gasteiger partial charge >= 0.3 is 0 Å². The Balaban J connectivity index is 0.00000117. The number of benzene rings is 1. The van der Waals surface area contributed by atoms with E-state index in [1.54, 1.807) is 24.3 Å². The number of nitrogens with one attached hydrogen (secondary N) is 1. The monoisotopic (exact) mass is 396 g/mol. The molecule has 0 saturated carbocycles. The Morgan fingerprint density at radius 1 is 1.21 bits per heavy atom. The number of ether oxygens (including phenoxy) is 1. The van der Waals surface area contributed by atoms with Crippen LogP contribution in [0.1, 0.15) is 16.6 Å². The summed E-state index contributed by atoms with van der Waals surface area (Å²) in [4.78, 5) is 24.9. The summed E-state index contributed by atoms with van der Waals surface area (Å²) in [6, 6.07) is 8.71. The van der Waals surface area contributed by atoms with Crippen molar-refractivity contribution in [2.75, 3.05) is 11.9 Å². The lowest BCUT2D eigenvalue weighted by Crippen LogP contribution is -2.35. The second kappa shape index (κ2) is 9.10. The van der Waals surface area contributed by atoms with Crippen LogP contribution in [0.4, 0.5) is 5.82 Å². The van der Waals surface area contributed by atoms with Crippen molar-refractivity contribution in [1.82, 2.24) is 19.5 Å². The molecule has 3 aromatic rings. The molecule has 10 nitrogen and oxygen atoms in total. The lowest BCUT2D eigenvalue weighted by Gasteiger charge is -2.16. The molecule has 1 aromatic carbocycles. The molecule has 2 radical (unpaired) electrons. The molecule has 1 amide bonds. The number of anilines is 1. The van der Waals surface area contributed by atoms with E-state index in [1.165, 1.54) is 24.0 Å². The van der Waals surface area contributed by atoms with E-state index in [0.717, 1.165) is 0 Å². The van der Waals surface area contributed by atoms with Crippen LogP contribution in [0.3, 0.4) is 0 Å². The van der Waals surface area contributed by atoms with Gasteiger partial charge in [0, 0.05) is 12.1 Å². The summed E-state index contributed by atoms with van der Waals surface area (Å²) in [5, 5.41) is 23.0. The summed E-state index contributed by atoms with van der Waals surface area (Å²) in [6.45, 7) is 1.56. The highest BCUT2D eigenvalue weighted by Gasteiger charge is 2.43. The van der Waals surface area contributed by atoms with Crippen molar-refractivity contribution >= 4 is 30.7 Å². The first-order valence-corrected chi connectivity index (χ1v) is 8.93. The number of hydrogen-bond acceptors (Lipinski definition) is 8. The number of imidazole rings is 1. The van der Waals surface area contributed by atoms with Gasteiger partial charge in [0.15, 0.2) is 23.2 Å². The minimum absolute atomic E-state index is 0.0642. The quantitative estimate of drug-likeness (QED) is 0.446. The van der Waals surface area contributed by atoms with Crippen molar-refractivity contribution in [2.45, 2.75) is 31.4 Å². The average Bonchev–Trinajstić information content (AvgIpc) is 3.32. The third kappa shape index (κ3) is 3.98. The lowest BCUT2D eigenvalue weighted by atomic mass is 10.1. The molecular weight excluding hydrogens is 375 g/mol. The van der Waals surface area contributed by atoms with Crippen molar-refractivity contribution in [3.63, 3.8) is 0 Å². The smallest absolute Gasteiger partial charge is 0.256 e. The fourth-order valence-corrected chi connectivity index (χ4v) is 3.05. The van der Waals surface area contributed by atoms with Crippen molar-refractivity contribution in [3.05, 3.63) is 48.5 Å². The highest BCUT2D eigenvalue weighted by Crippen LogP contribution is 2.31. The molecule has 0 aliphatic carbocycles. The molecule has 1 fully saturated rings. The predicted molar refractivity (Wildman–Crippen MR) is 106 cm³/mol. The van der Waals surface area contributed by atoms with E-state index in [-0.39, 0.29) is 18.3 Å². The van der Waals surface area contributed by atoms with Crippen LogP contribution in [0, 0.1) is 0 Å². The zero-order valence-electron chi connectivity index (χ0n) is 15.7. The summed E-state index contributed by atoms with van der Waals surface area (Å²) in [5.41, 5.74) is 6.72. The molecule has 0 bridgehead atoms. The number of fused-ring (bicyclic) bond motifs is 1. The number of amides is 1. The molecule has 4 atom stereocenters. The van der Waals surface area contributed by atoms with Crippen LogP contribution in [-0.2, 0) is 4.74 Å². The second-order valence-corrected chi connectivity index (χ2v) is 6.15. The van der Waals surface area contributed by atoms with Gasteiger partial charge in [0.05, 0.1) is 14.2 Å². The number of carbonyl (C=O) groups is 1. The zero-order valence-corrected chi connectivity index (χ0v) is 15.7. The Morgan fingerprint density at radius 3 is 2.59 bits per heavy atom. The molecule has 1 unspecified atom stereocenters. The minimum Gasteiger partial charge on any atom is -0.387 e. The van der Waals surface area contributed by atoms with E-state index in [0.29, 0.717) is 16.7 Å². The third-order valence-corrected chi connectivity index (χ3v) is 4.47. The van der Waals surface area contributed by atoms with Crippen LogP contribution in [-0.4, -0.2) is 68.3 Å². The molecule has 4 rings (SSSR count). The van der Waals surface area contributed by atoms with Crippen molar-refractivity contribution in [1.29, 1.82) is 0 Å². The normalized spacial score (nSPS) is 23.4. The predicted octanol–water partition coefficient (Wildman–Crippen LogP) is -0.141. The Kier molecular flexibility index (Phi) is 6.55. The molecule has 1 aliphatic heterocycles. The fraction of sp³-hybridized carbons (Fsp3) is 0.333. The molecule has 1 saturated heterocycles. The maximum Gasteiger partial charge on any atom is 0.256 e. The Labute approximate surface area is 168 Å². The van der Waals surface area contributed by atoms with Gasteiger partial charge in [0.2, 0.25) is 0 Å². The maximum absolute atomic E-state index is 12.4. The van der Waals surface area contributed by atoms with Gasteiger partial charge < -0.3 is 26.0 Å². The van der Waals surface area contributed by atoms with Gasteiger partial charge in [-0.25, -0.2) is 15.0 Å². The molecular formula is C18H21BN6O4. The number of nitrogens with zero attached hydrogens (tertiary/aromatic N) is 4. The van der Waals surface area contributed by atoms with Crippen molar-refractivity contribution in [2.24, 2.45) is 5.73 Å². The van der Waals surface area contributed by atoms with Crippen LogP contribution in [0.25, 0.3) is 11.2 Å². The van der Waals surface area contributed by atoms with Crippen LogP contribution >= 0.6 is 0 Å². The standard InChI is InChI=1S/C17H18N6O4.CH3B/c18-6-10-12(24)13(25)17(27-10)23-8-21-11-14(19-7-20-15(11)23)22-16(26)9-4-2-1-3-5-9;1-2/h1-5,7-8,10,12-13,17,24-25H,6,18H2,(H,19,20,22,26);1H3/t10-,12?,13+,17-;/m1./s1. The van der Waals surface area contributed by atoms with Gasteiger partial charge in [-0.3, -0.25) is 9.36 Å². The highest BCUT2D eigenvalue weighted by molar-refractivity contribution is 6.06. The lowest BCUT2D eigenvalue weighted by molar-refractivity contribution is -0.0322. The van der Waals surface area contributed by atoms with Crippen molar-refractivity contribution in [3.8, 4) is 0 Å². The summed E-state index contributed by atoms with van der Waals surface area (Å²) in [5.74, 6) is -0.100. The fourth-order valence-electron chi connectivity index (χ4n) is 3.05. The van der Waals surface area contributed by atoms with Crippen molar-refractivity contribution < 1.29 is 19.7 Å². The van der Waals surface area contributed by atoms with Crippen LogP contribution in [0.15, 0.2) is 43.0 Å². The third-order valence-electron chi connectivity index (χ3n) is 4.47. The minimum atomic E-state index is -1.19. The molecule has 2 aromatic heterocycles. The maximum atomic E-state index is 12.4. The zero-order chi connectivity index (χ0) is 21.0. The van der Waals surface area contributed by atoms with Gasteiger partial charge in [0.1, 0.15) is 24.6 Å². The van der Waals surface area contributed by atoms with Crippen LogP contribution < -0.4 is 11.1 Å². The van der Waals surface area contributed by atoms with E-state index in [2.05, 4.69) is 28.1 Å². The van der Waals surface area contributed by atoms with Gasteiger partial charge in [-0.05, 0) is 12.1 Å². The SMILES string of the molecule is NC[C@H]1O[C@@H](n2cnc3c(NC(=O)c4ccccc4)ncnc32)[C@@H](O)C1O.[B]C. The molecule has 1 aliphatic rings. The molecule has 0 spiro atoms. The first kappa shape index (κ1) is 20.9. The summed E-state index contributed by atoms with van der Waals surface area (Å²) >= 11 is 0. The topological polar surface area (TPSA) is 148 Å². The Hall–Kier alpha value is -2.86. The summed E-state index contributed by atoms with van der Waals surface area (Å²) < 4.78 is 7.11. The first-order valence-electron chi connectivity index (χ1n) is 8.93. The second-order valence-electron chi connectivity index (χ2n) is 6.15. The summed E-state index contributed by atoms with van der Waals surface area (Å²) in [7, 11) is 4.50. The number of carbonyl (C=O) groups excluding carboxylic acids is 1. The number of aliphatic hydroxyl groups is 2. The van der Waals surface area contributed by atoms with Crippen LogP contribution in [0.5, 0.6) is 0 Å². The molecule has 29 heavy (non-hydrogen) atoms. The number of rotatable bonds is 4. The highest BCUT2D eigenvalue weighted by atomic mass is 16.6. The number of hydrogen-bond donors (Lipinski definition) is 4. The average molecular weight is 396 g/mol. The van der Waals surface area contributed by atoms with E-state index < -0.39 is 24.5 Å². The molecule has 11 heteroatoms. The van der Waals surface area contributed by atoms with Gasteiger partial charge in [-0.15, -0.1) is 0 Å². The molecule has 5 N–H and O–H groups in total. The molecule has 3 heterocycles. The number of nitrogens with two attached hydrogens (primary N) is 1. The number of aliphatic hydroxyl groups excluding tert-OH is 2. The first-order chi connectivity index (χ1) is 14.1. The van der Waals surface area contributed by atoms with E-state index in [4.69, 9.17) is 10.5 Å². The van der Waals surface area contributed by atoms with Crippen LogP contribution in [0.2, 0.25) is 6.82 Å². The number of aromatic nitrogens is 4. The van der Waals surface area contributed by atoms with E-state index in [1.807, 2.05) is 6.07 Å².